The predicted molar refractivity (Wildman–Crippen MR) is 119 cm³/mol. The van der Waals surface area contributed by atoms with Gasteiger partial charge in [-0.15, -0.1) is 10.2 Å². The fourth-order valence-electron chi connectivity index (χ4n) is 3.22. The molecule has 0 bridgehead atoms. The van der Waals surface area contributed by atoms with E-state index in [1.54, 1.807) is 19.0 Å². The zero-order valence-electron chi connectivity index (χ0n) is 17.2. The topological polar surface area (TPSA) is 71.9 Å². The Labute approximate surface area is 179 Å². The van der Waals surface area contributed by atoms with Gasteiger partial charge in [0.15, 0.2) is 5.16 Å². The quantitative estimate of drug-likeness (QED) is 0.455. The maximum atomic E-state index is 12.2. The summed E-state index contributed by atoms with van der Waals surface area (Å²) in [5.41, 5.74) is 4.17. The molecule has 0 spiro atoms. The van der Waals surface area contributed by atoms with E-state index in [4.69, 9.17) is 0 Å². The van der Waals surface area contributed by atoms with Gasteiger partial charge >= 0.3 is 0 Å². The summed E-state index contributed by atoms with van der Waals surface area (Å²) in [5.74, 6) is -0.0299. The van der Waals surface area contributed by atoms with Gasteiger partial charge in [-0.2, -0.15) is 0 Å². The van der Waals surface area contributed by atoms with Crippen molar-refractivity contribution < 1.29 is 4.79 Å². The van der Waals surface area contributed by atoms with Gasteiger partial charge in [-0.3, -0.25) is 4.79 Å². The van der Waals surface area contributed by atoms with Crippen LogP contribution in [0.15, 0.2) is 64.8 Å². The van der Waals surface area contributed by atoms with Crippen LogP contribution in [-0.4, -0.2) is 45.1 Å². The molecule has 0 N–H and O–H groups in total. The van der Waals surface area contributed by atoms with Crippen LogP contribution >= 0.6 is 11.8 Å². The van der Waals surface area contributed by atoms with Crippen LogP contribution in [0.4, 0.5) is 0 Å². The number of amides is 1. The van der Waals surface area contributed by atoms with E-state index in [0.29, 0.717) is 10.7 Å². The van der Waals surface area contributed by atoms with Crippen molar-refractivity contribution in [3.63, 3.8) is 0 Å². The van der Waals surface area contributed by atoms with Crippen molar-refractivity contribution in [2.75, 3.05) is 14.1 Å². The third-order valence-electron chi connectivity index (χ3n) is 4.61. The van der Waals surface area contributed by atoms with Crippen LogP contribution in [0.1, 0.15) is 21.7 Å². The van der Waals surface area contributed by atoms with Gasteiger partial charge in [0, 0.05) is 47.4 Å². The average Bonchev–Trinajstić information content (AvgIpc) is 2.73. The second-order valence-corrected chi connectivity index (χ2v) is 8.17. The molecule has 0 unspecified atom stereocenters. The normalized spacial score (nSPS) is 10.9. The fraction of sp³-hybridized carbons (Fsp3) is 0.174. The molecule has 7 heteroatoms. The SMILES string of the molecule is Cc1cc(C)nc(Sc2nnc(-c3ccc(C(=O)N(C)C)cc3)c3ccccc23)n1. The maximum Gasteiger partial charge on any atom is 0.253 e. The molecule has 4 aromatic rings. The van der Waals surface area contributed by atoms with Crippen LogP contribution in [0.5, 0.6) is 0 Å². The Kier molecular flexibility index (Phi) is 5.46. The molecule has 30 heavy (non-hydrogen) atoms. The molecule has 2 aromatic carbocycles. The Morgan fingerprint density at radius 1 is 0.867 bits per heavy atom. The second kappa shape index (κ2) is 8.20. The van der Waals surface area contributed by atoms with Crippen LogP contribution in [0.3, 0.4) is 0 Å². The molecule has 0 saturated carbocycles. The van der Waals surface area contributed by atoms with Crippen molar-refractivity contribution in [2.45, 2.75) is 24.0 Å². The molecule has 0 atom stereocenters. The summed E-state index contributed by atoms with van der Waals surface area (Å²) >= 11 is 1.41. The maximum absolute atomic E-state index is 12.2. The van der Waals surface area contributed by atoms with Crippen molar-refractivity contribution in [1.82, 2.24) is 25.1 Å². The van der Waals surface area contributed by atoms with E-state index in [1.165, 1.54) is 11.8 Å². The minimum Gasteiger partial charge on any atom is -0.345 e. The number of carbonyl (C=O) groups is 1. The third kappa shape index (κ3) is 4.02. The highest BCUT2D eigenvalue weighted by atomic mass is 32.2. The minimum absolute atomic E-state index is 0.0299. The van der Waals surface area contributed by atoms with Crippen LogP contribution in [-0.2, 0) is 0 Å². The number of hydrogen-bond acceptors (Lipinski definition) is 6. The Morgan fingerprint density at radius 2 is 1.50 bits per heavy atom. The Morgan fingerprint density at radius 3 is 2.13 bits per heavy atom. The lowest BCUT2D eigenvalue weighted by Gasteiger charge is -2.11. The molecule has 1 amide bonds. The van der Waals surface area contributed by atoms with E-state index in [9.17, 15) is 4.79 Å². The molecule has 2 heterocycles. The van der Waals surface area contributed by atoms with Crippen molar-refractivity contribution in [2.24, 2.45) is 0 Å². The molecular formula is C23H21N5OS. The van der Waals surface area contributed by atoms with Crippen LogP contribution in [0.2, 0.25) is 0 Å². The highest BCUT2D eigenvalue weighted by Gasteiger charge is 2.14. The molecule has 0 saturated heterocycles. The van der Waals surface area contributed by atoms with Crippen LogP contribution in [0.25, 0.3) is 22.0 Å². The highest BCUT2D eigenvalue weighted by Crippen LogP contribution is 2.34. The number of aromatic nitrogens is 4. The van der Waals surface area contributed by atoms with Crippen LogP contribution < -0.4 is 0 Å². The van der Waals surface area contributed by atoms with E-state index in [0.717, 1.165) is 38.4 Å². The molecule has 0 aliphatic heterocycles. The number of benzene rings is 2. The van der Waals surface area contributed by atoms with Gasteiger partial charge in [0.05, 0.1) is 0 Å². The average molecular weight is 416 g/mol. The standard InChI is InChI=1S/C23H21N5OS/c1-14-13-15(2)25-23(24-14)30-21-19-8-6-5-7-18(19)20(26-27-21)16-9-11-17(12-10-16)22(29)28(3)4/h5-13H,1-4H3. The van der Waals surface area contributed by atoms with E-state index in [-0.39, 0.29) is 5.91 Å². The molecule has 150 valence electrons. The Hall–Kier alpha value is -3.32. The van der Waals surface area contributed by atoms with Crippen molar-refractivity contribution in [3.05, 3.63) is 71.5 Å². The smallest absolute Gasteiger partial charge is 0.253 e. The highest BCUT2D eigenvalue weighted by molar-refractivity contribution is 7.99. The summed E-state index contributed by atoms with van der Waals surface area (Å²) in [6, 6.07) is 17.4. The monoisotopic (exact) mass is 415 g/mol. The first-order valence-electron chi connectivity index (χ1n) is 9.50. The molecule has 0 radical (unpaired) electrons. The van der Waals surface area contributed by atoms with Gasteiger partial charge in [-0.25, -0.2) is 9.97 Å². The lowest BCUT2D eigenvalue weighted by molar-refractivity contribution is 0.0827. The summed E-state index contributed by atoms with van der Waals surface area (Å²) in [4.78, 5) is 22.7. The largest absolute Gasteiger partial charge is 0.345 e. The van der Waals surface area contributed by atoms with Crippen molar-refractivity contribution >= 4 is 28.4 Å². The fourth-order valence-corrected chi connectivity index (χ4v) is 4.14. The molecule has 0 fully saturated rings. The Balaban J connectivity index is 1.75. The lowest BCUT2D eigenvalue weighted by Crippen LogP contribution is -2.21. The zero-order chi connectivity index (χ0) is 21.3. The summed E-state index contributed by atoms with van der Waals surface area (Å²) in [6.07, 6.45) is 0. The molecule has 4 rings (SSSR count). The first-order chi connectivity index (χ1) is 14.4. The van der Waals surface area contributed by atoms with E-state index < -0.39 is 0 Å². The number of fused-ring (bicyclic) bond motifs is 1. The van der Waals surface area contributed by atoms with E-state index in [2.05, 4.69) is 20.2 Å². The minimum atomic E-state index is -0.0299. The van der Waals surface area contributed by atoms with E-state index >= 15 is 0 Å². The van der Waals surface area contributed by atoms with Crippen molar-refractivity contribution in [3.8, 4) is 11.3 Å². The van der Waals surface area contributed by atoms with Gasteiger partial charge < -0.3 is 4.90 Å². The number of nitrogens with zero attached hydrogens (tertiary/aromatic N) is 5. The lowest BCUT2D eigenvalue weighted by atomic mass is 10.0. The summed E-state index contributed by atoms with van der Waals surface area (Å²) in [6.45, 7) is 3.91. The number of hydrogen-bond donors (Lipinski definition) is 0. The molecule has 2 aromatic heterocycles. The number of aryl methyl sites for hydroxylation is 2. The molecule has 0 aliphatic carbocycles. The van der Waals surface area contributed by atoms with Gasteiger partial charge in [0.2, 0.25) is 0 Å². The Bertz CT molecular complexity index is 1220. The predicted octanol–water partition coefficient (Wildman–Crippen LogP) is 4.56. The zero-order valence-corrected chi connectivity index (χ0v) is 18.1. The summed E-state index contributed by atoms with van der Waals surface area (Å²) in [7, 11) is 3.48. The molecule has 0 aliphatic rings. The van der Waals surface area contributed by atoms with Crippen molar-refractivity contribution in [1.29, 1.82) is 0 Å². The third-order valence-corrected chi connectivity index (χ3v) is 5.47. The second-order valence-electron chi connectivity index (χ2n) is 7.21. The summed E-state index contributed by atoms with van der Waals surface area (Å²) < 4.78 is 0. The number of rotatable bonds is 4. The van der Waals surface area contributed by atoms with Gasteiger partial charge in [0.25, 0.3) is 5.91 Å². The molecular weight excluding hydrogens is 394 g/mol. The van der Waals surface area contributed by atoms with Gasteiger partial charge in [0.1, 0.15) is 10.7 Å². The number of carbonyl (C=O) groups excluding carboxylic acids is 1. The molecule has 6 nitrogen and oxygen atoms in total. The van der Waals surface area contributed by atoms with Gasteiger partial charge in [-0.1, -0.05) is 36.4 Å². The van der Waals surface area contributed by atoms with Gasteiger partial charge in [-0.05, 0) is 43.8 Å². The van der Waals surface area contributed by atoms with Crippen LogP contribution in [0, 0.1) is 13.8 Å². The van der Waals surface area contributed by atoms with E-state index in [1.807, 2.05) is 68.4 Å². The summed E-state index contributed by atoms with van der Waals surface area (Å²) in [5, 5.41) is 12.4. The first kappa shape index (κ1) is 20.0. The first-order valence-corrected chi connectivity index (χ1v) is 10.3.